The van der Waals surface area contributed by atoms with Crippen LogP contribution >= 0.6 is 0 Å². The molecular formula is C14H24O5. The minimum atomic E-state index is -1.15. The van der Waals surface area contributed by atoms with Crippen LogP contribution in [0.4, 0.5) is 0 Å². The highest BCUT2D eigenvalue weighted by Crippen LogP contribution is 2.26. The van der Waals surface area contributed by atoms with Crippen LogP contribution in [0.3, 0.4) is 0 Å². The second-order valence-corrected chi connectivity index (χ2v) is 4.70. The predicted octanol–water partition coefficient (Wildman–Crippen LogP) is 0.272. The maximum absolute atomic E-state index is 10.0. The molecule has 5 atom stereocenters. The highest BCUT2D eigenvalue weighted by Gasteiger charge is 2.44. The lowest BCUT2D eigenvalue weighted by atomic mass is 9.91. The molecule has 1 fully saturated rings. The first-order valence-electron chi connectivity index (χ1n) is 6.82. The van der Waals surface area contributed by atoms with Crippen molar-refractivity contribution in [3.63, 3.8) is 0 Å². The van der Waals surface area contributed by atoms with Crippen molar-refractivity contribution in [2.45, 2.75) is 57.7 Å². The molecule has 1 heterocycles. The summed E-state index contributed by atoms with van der Waals surface area (Å²) >= 11 is 0. The van der Waals surface area contributed by atoms with E-state index in [9.17, 15) is 10.2 Å². The largest absolute Gasteiger partial charge is 0.394 e. The van der Waals surface area contributed by atoms with Gasteiger partial charge in [-0.3, -0.25) is 0 Å². The lowest BCUT2D eigenvalue weighted by Crippen LogP contribution is -2.56. The summed E-state index contributed by atoms with van der Waals surface area (Å²) in [5.41, 5.74) is 0. The monoisotopic (exact) mass is 272 g/mol. The van der Waals surface area contributed by atoms with Gasteiger partial charge in [0, 0.05) is 6.61 Å². The maximum Gasteiger partial charge on any atom is 0.174 e. The van der Waals surface area contributed by atoms with Crippen molar-refractivity contribution in [3.05, 3.63) is 0 Å². The van der Waals surface area contributed by atoms with Crippen LogP contribution in [-0.4, -0.2) is 53.1 Å². The van der Waals surface area contributed by atoms with Gasteiger partial charge in [-0.25, -0.2) is 0 Å². The molecule has 3 unspecified atom stereocenters. The van der Waals surface area contributed by atoms with Crippen molar-refractivity contribution < 1.29 is 24.8 Å². The van der Waals surface area contributed by atoms with Crippen LogP contribution in [0, 0.1) is 17.8 Å². The Labute approximate surface area is 114 Å². The van der Waals surface area contributed by atoms with E-state index in [-0.39, 0.29) is 6.61 Å². The lowest BCUT2D eigenvalue weighted by Gasteiger charge is -2.40. The molecule has 0 spiro atoms. The Hall–Kier alpha value is -0.640. The van der Waals surface area contributed by atoms with E-state index >= 15 is 0 Å². The van der Waals surface area contributed by atoms with Crippen LogP contribution in [0.1, 0.15) is 33.1 Å². The molecule has 0 aliphatic carbocycles. The van der Waals surface area contributed by atoms with Crippen LogP contribution in [0.15, 0.2) is 0 Å². The van der Waals surface area contributed by atoms with E-state index in [0.717, 1.165) is 19.3 Å². The van der Waals surface area contributed by atoms with E-state index in [2.05, 4.69) is 18.8 Å². The van der Waals surface area contributed by atoms with Crippen LogP contribution in [0.25, 0.3) is 0 Å². The first kappa shape index (κ1) is 16.4. The Bertz CT molecular complexity index is 309. The Morgan fingerprint density at radius 2 is 1.95 bits per heavy atom. The minimum absolute atomic E-state index is 0.362. The third-order valence-electron chi connectivity index (χ3n) is 3.22. The zero-order valence-electron chi connectivity index (χ0n) is 11.6. The van der Waals surface area contributed by atoms with E-state index in [4.69, 9.17) is 14.6 Å². The van der Waals surface area contributed by atoms with Crippen LogP contribution in [-0.2, 0) is 9.47 Å². The molecular weight excluding hydrogens is 248 g/mol. The molecule has 0 amide bonds. The Morgan fingerprint density at radius 1 is 1.21 bits per heavy atom. The Balaban J connectivity index is 2.63. The average Bonchev–Trinajstić information content (AvgIpc) is 2.42. The van der Waals surface area contributed by atoms with Gasteiger partial charge >= 0.3 is 0 Å². The summed E-state index contributed by atoms with van der Waals surface area (Å²) in [5, 5.41) is 29.0. The number of aliphatic hydroxyl groups is 3. The molecule has 0 saturated carbocycles. The molecule has 0 bridgehead atoms. The summed E-state index contributed by atoms with van der Waals surface area (Å²) in [5.74, 6) is 4.92. The number of hydrogen-bond acceptors (Lipinski definition) is 5. The summed E-state index contributed by atoms with van der Waals surface area (Å²) in [6.45, 7) is 3.91. The number of ether oxygens (including phenoxy) is 2. The summed E-state index contributed by atoms with van der Waals surface area (Å²) in [6, 6.07) is 0. The number of aliphatic hydroxyl groups excluding tert-OH is 3. The van der Waals surface area contributed by atoms with Gasteiger partial charge in [-0.05, 0) is 13.3 Å². The van der Waals surface area contributed by atoms with Gasteiger partial charge in [-0.2, -0.15) is 0 Å². The van der Waals surface area contributed by atoms with Gasteiger partial charge in [0.2, 0.25) is 0 Å². The second-order valence-electron chi connectivity index (χ2n) is 4.70. The van der Waals surface area contributed by atoms with Gasteiger partial charge in [0.15, 0.2) is 6.29 Å². The van der Waals surface area contributed by atoms with E-state index in [0.29, 0.717) is 6.61 Å². The maximum atomic E-state index is 10.0. The summed E-state index contributed by atoms with van der Waals surface area (Å²) < 4.78 is 11.1. The van der Waals surface area contributed by atoms with Crippen molar-refractivity contribution in [1.29, 1.82) is 0 Å². The van der Waals surface area contributed by atoms with Crippen molar-refractivity contribution >= 4 is 0 Å². The topological polar surface area (TPSA) is 79.2 Å². The first-order valence-corrected chi connectivity index (χ1v) is 6.82. The third-order valence-corrected chi connectivity index (χ3v) is 3.22. The number of unbranched alkanes of at least 4 members (excludes halogenated alkanes) is 2. The molecule has 5 nitrogen and oxygen atoms in total. The highest BCUT2D eigenvalue weighted by atomic mass is 16.7. The van der Waals surface area contributed by atoms with Crippen molar-refractivity contribution in [1.82, 2.24) is 0 Å². The summed E-state index contributed by atoms with van der Waals surface area (Å²) in [4.78, 5) is 0. The first-order chi connectivity index (χ1) is 9.15. The van der Waals surface area contributed by atoms with Crippen LogP contribution < -0.4 is 0 Å². The molecule has 0 aromatic heterocycles. The molecule has 3 N–H and O–H groups in total. The molecule has 1 saturated heterocycles. The second kappa shape index (κ2) is 8.51. The molecule has 0 aromatic rings. The smallest absolute Gasteiger partial charge is 0.174 e. The Morgan fingerprint density at radius 3 is 2.53 bits per heavy atom. The van der Waals surface area contributed by atoms with Crippen LogP contribution in [0.5, 0.6) is 0 Å². The van der Waals surface area contributed by atoms with Crippen molar-refractivity contribution in [3.8, 4) is 11.8 Å². The molecule has 19 heavy (non-hydrogen) atoms. The zero-order valence-corrected chi connectivity index (χ0v) is 11.6. The Kier molecular flexibility index (Phi) is 7.36. The fourth-order valence-electron chi connectivity index (χ4n) is 2.10. The van der Waals surface area contributed by atoms with E-state index < -0.39 is 30.5 Å². The highest BCUT2D eigenvalue weighted by molar-refractivity contribution is 5.08. The zero-order chi connectivity index (χ0) is 14.3. The number of rotatable bonds is 6. The molecule has 1 rings (SSSR count). The average molecular weight is 272 g/mol. The minimum Gasteiger partial charge on any atom is -0.394 e. The normalized spacial score (nSPS) is 34.7. The molecule has 0 radical (unpaired) electrons. The quantitative estimate of drug-likeness (QED) is 0.478. The molecule has 5 heteroatoms. The molecule has 0 aromatic carbocycles. The third kappa shape index (κ3) is 4.44. The van der Waals surface area contributed by atoms with Gasteiger partial charge in [-0.15, -0.1) is 5.92 Å². The summed E-state index contributed by atoms with van der Waals surface area (Å²) in [6.07, 6.45) is -0.702. The summed E-state index contributed by atoms with van der Waals surface area (Å²) in [7, 11) is 0. The fraction of sp³-hybridized carbons (Fsp3) is 0.857. The van der Waals surface area contributed by atoms with E-state index in [1.165, 1.54) is 0 Å². The standard InChI is InChI=1S/C14H24O5/c1-3-5-6-8-18-14-10(7-4-2)12(16)13(17)11(9-15)19-14/h10-17H,3,5-6,8-9H2,1-2H3/t10?,11-,12-,13?,14?/m1/s1. The van der Waals surface area contributed by atoms with Gasteiger partial charge in [0.25, 0.3) is 0 Å². The van der Waals surface area contributed by atoms with Crippen molar-refractivity contribution in [2.75, 3.05) is 13.2 Å². The van der Waals surface area contributed by atoms with Gasteiger partial charge in [0.05, 0.1) is 12.5 Å². The molecule has 110 valence electrons. The van der Waals surface area contributed by atoms with E-state index in [1.807, 2.05) is 0 Å². The van der Waals surface area contributed by atoms with E-state index in [1.54, 1.807) is 6.92 Å². The fourth-order valence-corrected chi connectivity index (χ4v) is 2.10. The lowest BCUT2D eigenvalue weighted by molar-refractivity contribution is -0.274. The van der Waals surface area contributed by atoms with Gasteiger partial charge in [0.1, 0.15) is 18.3 Å². The predicted molar refractivity (Wildman–Crippen MR) is 70.2 cm³/mol. The van der Waals surface area contributed by atoms with Gasteiger partial charge < -0.3 is 24.8 Å². The van der Waals surface area contributed by atoms with Crippen LogP contribution in [0.2, 0.25) is 0 Å². The SMILES string of the molecule is CC#CC1C(OCCCCC)O[C@H](CO)C(O)[C@@H]1O. The van der Waals surface area contributed by atoms with Gasteiger partial charge in [-0.1, -0.05) is 25.7 Å². The number of hydrogen-bond donors (Lipinski definition) is 3. The van der Waals surface area contributed by atoms with Crippen molar-refractivity contribution in [2.24, 2.45) is 5.92 Å². The molecule has 1 aliphatic heterocycles. The molecule has 1 aliphatic rings.